The minimum Gasteiger partial charge on any atom is -0.494 e. The number of aromatic nitrogens is 1. The number of nitrogens with zero attached hydrogens (tertiary/aromatic N) is 1. The molecule has 1 aromatic heterocycles. The maximum absolute atomic E-state index is 6.02. The number of hydrogen-bond acceptors (Lipinski definition) is 3. The second kappa shape index (κ2) is 7.23. The van der Waals surface area contributed by atoms with Gasteiger partial charge in [0.25, 0.3) is 0 Å². The van der Waals surface area contributed by atoms with Crippen molar-refractivity contribution in [2.75, 3.05) is 13.2 Å². The Morgan fingerprint density at radius 3 is 2.57 bits per heavy atom. The fourth-order valence-electron chi connectivity index (χ4n) is 2.50. The molecule has 2 aromatic rings. The van der Waals surface area contributed by atoms with Crippen molar-refractivity contribution in [3.63, 3.8) is 0 Å². The van der Waals surface area contributed by atoms with E-state index in [2.05, 4.69) is 31.0 Å². The van der Waals surface area contributed by atoms with Crippen LogP contribution >= 0.6 is 0 Å². The zero-order valence-corrected chi connectivity index (χ0v) is 13.1. The third-order valence-electron chi connectivity index (χ3n) is 3.83. The van der Waals surface area contributed by atoms with Gasteiger partial charge >= 0.3 is 0 Å². The lowest BCUT2D eigenvalue weighted by atomic mass is 9.90. The van der Waals surface area contributed by atoms with Gasteiger partial charge in [0.1, 0.15) is 5.75 Å². The van der Waals surface area contributed by atoms with Crippen molar-refractivity contribution in [3.8, 4) is 5.75 Å². The molecule has 0 bridgehead atoms. The van der Waals surface area contributed by atoms with Crippen LogP contribution in [0, 0.1) is 13.8 Å². The molecule has 0 radical (unpaired) electrons. The van der Waals surface area contributed by atoms with Crippen LogP contribution in [0.1, 0.15) is 35.2 Å². The summed E-state index contributed by atoms with van der Waals surface area (Å²) in [5, 5.41) is 0. The van der Waals surface area contributed by atoms with Gasteiger partial charge in [-0.2, -0.15) is 0 Å². The van der Waals surface area contributed by atoms with Crippen LogP contribution in [0.15, 0.2) is 36.5 Å². The number of pyridine rings is 1. The predicted molar refractivity (Wildman–Crippen MR) is 86.8 cm³/mol. The van der Waals surface area contributed by atoms with E-state index in [0.717, 1.165) is 17.9 Å². The van der Waals surface area contributed by atoms with Crippen LogP contribution in [0.3, 0.4) is 0 Å². The number of aryl methyl sites for hydroxylation is 2. The second-order valence-electron chi connectivity index (χ2n) is 5.37. The van der Waals surface area contributed by atoms with E-state index in [-0.39, 0.29) is 5.92 Å². The van der Waals surface area contributed by atoms with Crippen molar-refractivity contribution in [3.05, 3.63) is 58.9 Å². The standard InChI is InChI=1S/C18H24N2O/c1-4-21-18-10-14(3)13(2)9-17(18)15(12-19)11-16-7-5-6-8-20-16/h5-10,15H,4,11-12,19H2,1-3H3. The first-order valence-electron chi connectivity index (χ1n) is 7.49. The molecule has 1 aromatic carbocycles. The third-order valence-corrected chi connectivity index (χ3v) is 3.83. The van der Waals surface area contributed by atoms with Crippen LogP contribution in [-0.4, -0.2) is 18.1 Å². The molecule has 2 rings (SSSR count). The van der Waals surface area contributed by atoms with Crippen molar-refractivity contribution >= 4 is 0 Å². The smallest absolute Gasteiger partial charge is 0.123 e. The summed E-state index contributed by atoms with van der Waals surface area (Å²) >= 11 is 0. The highest BCUT2D eigenvalue weighted by atomic mass is 16.5. The van der Waals surface area contributed by atoms with Gasteiger partial charge in [0.15, 0.2) is 0 Å². The molecular weight excluding hydrogens is 260 g/mol. The summed E-state index contributed by atoms with van der Waals surface area (Å²) < 4.78 is 5.82. The van der Waals surface area contributed by atoms with Gasteiger partial charge in [0.2, 0.25) is 0 Å². The molecule has 0 saturated heterocycles. The van der Waals surface area contributed by atoms with Gasteiger partial charge in [-0.3, -0.25) is 4.98 Å². The van der Waals surface area contributed by atoms with E-state index in [1.165, 1.54) is 16.7 Å². The van der Waals surface area contributed by atoms with E-state index in [9.17, 15) is 0 Å². The van der Waals surface area contributed by atoms with Crippen molar-refractivity contribution < 1.29 is 4.74 Å². The Morgan fingerprint density at radius 2 is 1.95 bits per heavy atom. The first-order valence-corrected chi connectivity index (χ1v) is 7.49. The van der Waals surface area contributed by atoms with Crippen LogP contribution in [0.5, 0.6) is 5.75 Å². The van der Waals surface area contributed by atoms with Gasteiger partial charge in [0, 0.05) is 17.8 Å². The first kappa shape index (κ1) is 15.5. The maximum atomic E-state index is 6.02. The zero-order chi connectivity index (χ0) is 15.2. The average molecular weight is 284 g/mol. The van der Waals surface area contributed by atoms with E-state index < -0.39 is 0 Å². The fourth-order valence-corrected chi connectivity index (χ4v) is 2.50. The van der Waals surface area contributed by atoms with Crippen LogP contribution in [0.4, 0.5) is 0 Å². The predicted octanol–water partition coefficient (Wildman–Crippen LogP) is 3.38. The number of ether oxygens (including phenoxy) is 1. The van der Waals surface area contributed by atoms with Crippen LogP contribution in [-0.2, 0) is 6.42 Å². The van der Waals surface area contributed by atoms with Crippen LogP contribution in [0.25, 0.3) is 0 Å². The number of nitrogens with two attached hydrogens (primary N) is 1. The molecule has 2 N–H and O–H groups in total. The summed E-state index contributed by atoms with van der Waals surface area (Å²) in [5.41, 5.74) is 10.8. The Kier molecular flexibility index (Phi) is 5.34. The van der Waals surface area contributed by atoms with Crippen molar-refractivity contribution in [2.24, 2.45) is 5.73 Å². The summed E-state index contributed by atoms with van der Waals surface area (Å²) in [5.74, 6) is 1.17. The molecule has 1 unspecified atom stereocenters. The number of benzene rings is 1. The molecule has 0 amide bonds. The van der Waals surface area contributed by atoms with Crippen LogP contribution in [0.2, 0.25) is 0 Å². The van der Waals surface area contributed by atoms with Gasteiger partial charge in [-0.25, -0.2) is 0 Å². The Hall–Kier alpha value is -1.87. The van der Waals surface area contributed by atoms with E-state index in [1.54, 1.807) is 0 Å². The Balaban J connectivity index is 2.34. The van der Waals surface area contributed by atoms with Crippen molar-refractivity contribution in [2.45, 2.75) is 33.1 Å². The second-order valence-corrected chi connectivity index (χ2v) is 5.37. The molecular formula is C18H24N2O. The molecule has 0 fully saturated rings. The Morgan fingerprint density at radius 1 is 1.19 bits per heavy atom. The molecule has 112 valence electrons. The minimum absolute atomic E-state index is 0.223. The molecule has 0 aliphatic rings. The summed E-state index contributed by atoms with van der Waals surface area (Å²) in [4.78, 5) is 4.41. The molecule has 21 heavy (non-hydrogen) atoms. The molecule has 3 heteroatoms. The van der Waals surface area contributed by atoms with Crippen molar-refractivity contribution in [1.29, 1.82) is 0 Å². The lowest BCUT2D eigenvalue weighted by Gasteiger charge is -2.20. The minimum atomic E-state index is 0.223. The highest BCUT2D eigenvalue weighted by molar-refractivity contribution is 5.44. The monoisotopic (exact) mass is 284 g/mol. The topological polar surface area (TPSA) is 48.1 Å². The van der Waals surface area contributed by atoms with E-state index in [1.807, 2.05) is 31.3 Å². The normalized spacial score (nSPS) is 12.2. The SMILES string of the molecule is CCOc1cc(C)c(C)cc1C(CN)Cc1ccccn1. The summed E-state index contributed by atoms with van der Waals surface area (Å²) in [6, 6.07) is 10.3. The quantitative estimate of drug-likeness (QED) is 0.884. The highest BCUT2D eigenvalue weighted by Crippen LogP contribution is 2.31. The lowest BCUT2D eigenvalue weighted by Crippen LogP contribution is -2.17. The molecule has 0 spiro atoms. The lowest BCUT2D eigenvalue weighted by molar-refractivity contribution is 0.333. The summed E-state index contributed by atoms with van der Waals surface area (Å²) in [6.07, 6.45) is 2.66. The van der Waals surface area contributed by atoms with Gasteiger partial charge in [-0.15, -0.1) is 0 Å². The molecule has 0 saturated carbocycles. The highest BCUT2D eigenvalue weighted by Gasteiger charge is 2.17. The van der Waals surface area contributed by atoms with Crippen LogP contribution < -0.4 is 10.5 Å². The zero-order valence-electron chi connectivity index (χ0n) is 13.1. The van der Waals surface area contributed by atoms with E-state index >= 15 is 0 Å². The fraction of sp³-hybridized carbons (Fsp3) is 0.389. The summed E-state index contributed by atoms with van der Waals surface area (Å²) in [6.45, 7) is 7.49. The van der Waals surface area contributed by atoms with Gasteiger partial charge in [-0.05, 0) is 68.6 Å². The Bertz CT molecular complexity index is 581. The number of rotatable bonds is 6. The van der Waals surface area contributed by atoms with E-state index in [4.69, 9.17) is 10.5 Å². The van der Waals surface area contributed by atoms with E-state index in [0.29, 0.717) is 13.2 Å². The molecule has 0 aliphatic carbocycles. The largest absolute Gasteiger partial charge is 0.494 e. The Labute approximate surface area is 127 Å². The first-order chi connectivity index (χ1) is 10.2. The molecule has 0 aliphatic heterocycles. The maximum Gasteiger partial charge on any atom is 0.123 e. The van der Waals surface area contributed by atoms with Gasteiger partial charge in [0.05, 0.1) is 6.61 Å². The average Bonchev–Trinajstić information content (AvgIpc) is 2.50. The molecule has 1 heterocycles. The van der Waals surface area contributed by atoms with Gasteiger partial charge < -0.3 is 10.5 Å². The number of hydrogen-bond donors (Lipinski definition) is 1. The molecule has 1 atom stereocenters. The van der Waals surface area contributed by atoms with Crippen molar-refractivity contribution in [1.82, 2.24) is 4.98 Å². The summed E-state index contributed by atoms with van der Waals surface area (Å²) in [7, 11) is 0. The van der Waals surface area contributed by atoms with Gasteiger partial charge in [-0.1, -0.05) is 12.1 Å². The molecule has 3 nitrogen and oxygen atoms in total. The third kappa shape index (κ3) is 3.82.